The molecule has 1 aromatic carbocycles. The molecule has 2 rings (SSSR count). The van der Waals surface area contributed by atoms with Crippen molar-refractivity contribution in [1.82, 2.24) is 15.0 Å². The van der Waals surface area contributed by atoms with Crippen molar-refractivity contribution < 1.29 is 13.9 Å². The molecule has 6 heteroatoms. The number of hydrogen-bond donors (Lipinski definition) is 0. The van der Waals surface area contributed by atoms with Crippen molar-refractivity contribution in [2.45, 2.75) is 6.92 Å². The van der Waals surface area contributed by atoms with Crippen LogP contribution >= 0.6 is 0 Å². The average Bonchev–Trinajstić information content (AvgIpc) is 2.75. The van der Waals surface area contributed by atoms with Crippen LogP contribution in [0.3, 0.4) is 0 Å². The zero-order valence-electron chi connectivity index (χ0n) is 9.35. The van der Waals surface area contributed by atoms with Crippen molar-refractivity contribution in [2.75, 3.05) is 7.11 Å². The Morgan fingerprint density at radius 3 is 2.76 bits per heavy atom. The number of halogens is 1. The van der Waals surface area contributed by atoms with Crippen LogP contribution in [0.2, 0.25) is 0 Å². The van der Waals surface area contributed by atoms with Crippen LogP contribution in [0.1, 0.15) is 16.1 Å². The number of carbonyl (C=O) groups is 1. The highest BCUT2D eigenvalue weighted by Gasteiger charge is 2.13. The van der Waals surface area contributed by atoms with E-state index in [1.807, 2.05) is 0 Å². The molecule has 0 saturated heterocycles. The maximum absolute atomic E-state index is 13.6. The Morgan fingerprint density at radius 1 is 1.47 bits per heavy atom. The molecule has 0 unspecified atom stereocenters. The van der Waals surface area contributed by atoms with Gasteiger partial charge in [-0.1, -0.05) is 5.21 Å². The van der Waals surface area contributed by atoms with Gasteiger partial charge in [-0.25, -0.2) is 13.9 Å². The number of methoxy groups -OCH3 is 1. The topological polar surface area (TPSA) is 57.0 Å². The SMILES string of the molecule is COC(=O)c1ccc(-n2cc(C)nn2)cc1F. The van der Waals surface area contributed by atoms with Crippen LogP contribution < -0.4 is 0 Å². The maximum Gasteiger partial charge on any atom is 0.340 e. The van der Waals surface area contributed by atoms with Gasteiger partial charge in [0.25, 0.3) is 0 Å². The zero-order valence-corrected chi connectivity index (χ0v) is 9.35. The number of benzene rings is 1. The summed E-state index contributed by atoms with van der Waals surface area (Å²) in [5, 5.41) is 7.60. The van der Waals surface area contributed by atoms with Crippen LogP contribution in [-0.2, 0) is 4.74 Å². The lowest BCUT2D eigenvalue weighted by Crippen LogP contribution is -2.05. The first kappa shape index (κ1) is 11.3. The van der Waals surface area contributed by atoms with E-state index in [4.69, 9.17) is 0 Å². The van der Waals surface area contributed by atoms with Crippen LogP contribution in [0.4, 0.5) is 4.39 Å². The molecule has 0 amide bonds. The van der Waals surface area contributed by atoms with Crippen molar-refractivity contribution in [3.8, 4) is 5.69 Å². The van der Waals surface area contributed by atoms with E-state index in [0.717, 1.165) is 5.69 Å². The molecule has 0 atom stereocenters. The average molecular weight is 235 g/mol. The molecule has 0 aliphatic carbocycles. The minimum Gasteiger partial charge on any atom is -0.465 e. The molecular formula is C11H10FN3O2. The molecule has 0 aliphatic heterocycles. The standard InChI is InChI=1S/C11H10FN3O2/c1-7-6-15(14-13-7)8-3-4-9(10(12)5-8)11(16)17-2/h3-6H,1-2H3. The second-order valence-corrected chi connectivity index (χ2v) is 3.46. The fourth-order valence-corrected chi connectivity index (χ4v) is 1.40. The molecule has 1 aromatic heterocycles. The van der Waals surface area contributed by atoms with Crippen LogP contribution in [0, 0.1) is 12.7 Å². The molecule has 0 N–H and O–H groups in total. The second-order valence-electron chi connectivity index (χ2n) is 3.46. The van der Waals surface area contributed by atoms with E-state index in [9.17, 15) is 9.18 Å². The Hall–Kier alpha value is -2.24. The summed E-state index contributed by atoms with van der Waals surface area (Å²) >= 11 is 0. The Balaban J connectivity index is 2.40. The lowest BCUT2D eigenvalue weighted by atomic mass is 10.2. The molecule has 2 aromatic rings. The monoisotopic (exact) mass is 235 g/mol. The van der Waals surface area contributed by atoms with E-state index in [-0.39, 0.29) is 5.56 Å². The molecule has 0 fully saturated rings. The maximum atomic E-state index is 13.6. The first-order valence-corrected chi connectivity index (χ1v) is 4.89. The van der Waals surface area contributed by atoms with Crippen molar-refractivity contribution >= 4 is 5.97 Å². The van der Waals surface area contributed by atoms with Gasteiger partial charge in [0.15, 0.2) is 0 Å². The van der Waals surface area contributed by atoms with Crippen molar-refractivity contribution in [1.29, 1.82) is 0 Å². The van der Waals surface area contributed by atoms with E-state index in [1.165, 1.54) is 23.9 Å². The predicted molar refractivity (Wildman–Crippen MR) is 57.4 cm³/mol. The fourth-order valence-electron chi connectivity index (χ4n) is 1.40. The zero-order chi connectivity index (χ0) is 12.4. The third-order valence-corrected chi connectivity index (χ3v) is 2.23. The Bertz CT molecular complexity index is 566. The number of aryl methyl sites for hydroxylation is 1. The van der Waals surface area contributed by atoms with Crippen LogP contribution in [0.5, 0.6) is 0 Å². The van der Waals surface area contributed by atoms with Gasteiger partial charge in [-0.05, 0) is 19.1 Å². The Kier molecular flexibility index (Phi) is 2.86. The van der Waals surface area contributed by atoms with Crippen LogP contribution in [-0.4, -0.2) is 28.1 Å². The van der Waals surface area contributed by atoms with Gasteiger partial charge in [-0.3, -0.25) is 0 Å². The predicted octanol–water partition coefficient (Wildman–Crippen LogP) is 1.50. The van der Waals surface area contributed by atoms with E-state index in [0.29, 0.717) is 5.69 Å². The van der Waals surface area contributed by atoms with Crippen LogP contribution in [0.15, 0.2) is 24.4 Å². The molecule has 88 valence electrons. The van der Waals surface area contributed by atoms with Gasteiger partial charge < -0.3 is 4.74 Å². The number of aromatic nitrogens is 3. The molecule has 1 heterocycles. The van der Waals surface area contributed by atoms with Crippen molar-refractivity contribution in [3.05, 3.63) is 41.5 Å². The third-order valence-electron chi connectivity index (χ3n) is 2.23. The molecular weight excluding hydrogens is 225 g/mol. The summed E-state index contributed by atoms with van der Waals surface area (Å²) in [6.07, 6.45) is 1.66. The third kappa shape index (κ3) is 2.15. The molecule has 0 bridgehead atoms. The summed E-state index contributed by atoms with van der Waals surface area (Å²) < 4.78 is 19.5. The molecule has 5 nitrogen and oxygen atoms in total. The minimum atomic E-state index is -0.705. The van der Waals surface area contributed by atoms with Gasteiger partial charge in [0, 0.05) is 6.07 Å². The van der Waals surface area contributed by atoms with E-state index in [2.05, 4.69) is 15.0 Å². The lowest BCUT2D eigenvalue weighted by Gasteiger charge is -2.04. The molecule has 0 spiro atoms. The summed E-state index contributed by atoms with van der Waals surface area (Å²) in [7, 11) is 1.20. The number of carbonyl (C=O) groups excluding carboxylic acids is 1. The van der Waals surface area contributed by atoms with Gasteiger partial charge in [-0.2, -0.15) is 0 Å². The number of rotatable bonds is 2. The van der Waals surface area contributed by atoms with Gasteiger partial charge in [0.1, 0.15) is 5.82 Å². The van der Waals surface area contributed by atoms with Gasteiger partial charge in [-0.15, -0.1) is 5.10 Å². The Morgan fingerprint density at radius 2 is 2.24 bits per heavy atom. The first-order chi connectivity index (χ1) is 8.11. The van der Waals surface area contributed by atoms with Crippen molar-refractivity contribution in [2.24, 2.45) is 0 Å². The highest BCUT2D eigenvalue weighted by Crippen LogP contribution is 2.14. The summed E-state index contributed by atoms with van der Waals surface area (Å²) in [6.45, 7) is 1.78. The quantitative estimate of drug-likeness (QED) is 0.740. The molecule has 0 saturated carbocycles. The van der Waals surface area contributed by atoms with E-state index in [1.54, 1.807) is 19.2 Å². The Labute approximate surface area is 96.8 Å². The van der Waals surface area contributed by atoms with Gasteiger partial charge in [0.05, 0.1) is 30.3 Å². The molecule has 17 heavy (non-hydrogen) atoms. The fraction of sp³-hybridized carbons (Fsp3) is 0.182. The molecule has 0 radical (unpaired) electrons. The molecule has 0 aliphatic rings. The second kappa shape index (κ2) is 4.32. The highest BCUT2D eigenvalue weighted by molar-refractivity contribution is 5.89. The van der Waals surface area contributed by atoms with Gasteiger partial charge >= 0.3 is 5.97 Å². The smallest absolute Gasteiger partial charge is 0.340 e. The lowest BCUT2D eigenvalue weighted by molar-refractivity contribution is 0.0595. The summed E-state index contributed by atoms with van der Waals surface area (Å²) in [5.74, 6) is -1.36. The minimum absolute atomic E-state index is 0.104. The van der Waals surface area contributed by atoms with E-state index >= 15 is 0 Å². The number of esters is 1. The summed E-state index contributed by atoms with van der Waals surface area (Å²) in [4.78, 5) is 11.2. The summed E-state index contributed by atoms with van der Waals surface area (Å²) in [5.41, 5.74) is 1.12. The van der Waals surface area contributed by atoms with Gasteiger partial charge in [0.2, 0.25) is 0 Å². The van der Waals surface area contributed by atoms with Crippen molar-refractivity contribution in [3.63, 3.8) is 0 Å². The number of nitrogens with zero attached hydrogens (tertiary/aromatic N) is 3. The summed E-state index contributed by atoms with van der Waals surface area (Å²) in [6, 6.07) is 4.14. The highest BCUT2D eigenvalue weighted by atomic mass is 19.1. The number of ether oxygens (including phenoxy) is 1. The van der Waals surface area contributed by atoms with Crippen LogP contribution in [0.25, 0.3) is 5.69 Å². The van der Waals surface area contributed by atoms with E-state index < -0.39 is 11.8 Å². The normalized spacial score (nSPS) is 10.3. The first-order valence-electron chi connectivity index (χ1n) is 4.89. The number of hydrogen-bond acceptors (Lipinski definition) is 4. The largest absolute Gasteiger partial charge is 0.465 e.